The molecule has 0 aliphatic heterocycles. The van der Waals surface area contributed by atoms with Gasteiger partial charge in [-0.3, -0.25) is 4.79 Å². The lowest BCUT2D eigenvalue weighted by molar-refractivity contribution is -0.137. The molecule has 1 fully saturated rings. The van der Waals surface area contributed by atoms with Crippen LogP contribution in [0, 0.1) is 5.92 Å². The van der Waals surface area contributed by atoms with Gasteiger partial charge in [-0.15, -0.1) is 0 Å². The predicted octanol–water partition coefficient (Wildman–Crippen LogP) is 0.949. The second kappa shape index (κ2) is 4.51. The van der Waals surface area contributed by atoms with E-state index in [4.69, 9.17) is 5.11 Å². The van der Waals surface area contributed by atoms with E-state index in [1.54, 1.807) is 6.92 Å². The Hall–Kier alpha value is -1.26. The molecule has 0 aromatic heterocycles. The van der Waals surface area contributed by atoms with Crippen LogP contribution in [-0.2, 0) is 4.79 Å². The smallest absolute Gasteiger partial charge is 0.315 e. The summed E-state index contributed by atoms with van der Waals surface area (Å²) < 4.78 is 0. The van der Waals surface area contributed by atoms with Gasteiger partial charge in [0, 0.05) is 18.5 Å². The molecule has 0 saturated heterocycles. The maximum Gasteiger partial charge on any atom is 0.315 e. The van der Waals surface area contributed by atoms with Crippen LogP contribution in [0.3, 0.4) is 0 Å². The Labute approximate surface area is 89.2 Å². The molecule has 1 atom stereocenters. The van der Waals surface area contributed by atoms with Crippen molar-refractivity contribution in [3.05, 3.63) is 0 Å². The highest BCUT2D eigenvalue weighted by atomic mass is 16.4. The van der Waals surface area contributed by atoms with Gasteiger partial charge in [0.15, 0.2) is 0 Å². The molecule has 3 N–H and O–H groups in total. The molecule has 1 aliphatic carbocycles. The molecule has 0 aromatic rings. The predicted molar refractivity (Wildman–Crippen MR) is 55.6 cm³/mol. The van der Waals surface area contributed by atoms with E-state index in [0.29, 0.717) is 6.54 Å². The highest BCUT2D eigenvalue weighted by molar-refractivity contribution is 5.75. The van der Waals surface area contributed by atoms with Crippen LogP contribution in [0.15, 0.2) is 0 Å². The topological polar surface area (TPSA) is 78.4 Å². The Balaban J connectivity index is 2.13. The molecule has 0 heterocycles. The average molecular weight is 214 g/mol. The fraction of sp³-hybridized carbons (Fsp3) is 0.800. The van der Waals surface area contributed by atoms with Gasteiger partial charge in [0.05, 0.1) is 0 Å². The van der Waals surface area contributed by atoms with Crippen molar-refractivity contribution < 1.29 is 14.7 Å². The Kier molecular flexibility index (Phi) is 3.55. The van der Waals surface area contributed by atoms with Crippen molar-refractivity contribution in [3.8, 4) is 0 Å². The molecule has 86 valence electrons. The lowest BCUT2D eigenvalue weighted by Gasteiger charge is -2.14. The number of aliphatic carboxylic acids is 1. The van der Waals surface area contributed by atoms with Crippen molar-refractivity contribution in [2.24, 2.45) is 5.92 Å². The van der Waals surface area contributed by atoms with E-state index in [1.165, 1.54) is 0 Å². The summed E-state index contributed by atoms with van der Waals surface area (Å²) >= 11 is 0. The zero-order valence-electron chi connectivity index (χ0n) is 9.17. The van der Waals surface area contributed by atoms with Crippen LogP contribution in [-0.4, -0.2) is 29.2 Å². The first-order chi connectivity index (χ1) is 6.91. The van der Waals surface area contributed by atoms with E-state index in [0.717, 1.165) is 12.8 Å². The van der Waals surface area contributed by atoms with E-state index in [-0.39, 0.29) is 23.9 Å². The molecule has 1 saturated carbocycles. The van der Waals surface area contributed by atoms with Gasteiger partial charge in [-0.25, -0.2) is 4.79 Å². The van der Waals surface area contributed by atoms with Crippen molar-refractivity contribution in [2.75, 3.05) is 6.54 Å². The third-order valence-electron chi connectivity index (χ3n) is 2.55. The first-order valence-electron chi connectivity index (χ1n) is 5.19. The van der Waals surface area contributed by atoms with Crippen LogP contribution in [0.1, 0.15) is 33.1 Å². The number of carboxylic acids is 1. The Morgan fingerprint density at radius 1 is 1.47 bits per heavy atom. The lowest BCUT2D eigenvalue weighted by Crippen LogP contribution is -2.43. The highest BCUT2D eigenvalue weighted by Crippen LogP contribution is 2.33. The third-order valence-corrected chi connectivity index (χ3v) is 2.55. The van der Waals surface area contributed by atoms with Crippen LogP contribution < -0.4 is 10.6 Å². The Morgan fingerprint density at radius 3 is 2.53 bits per heavy atom. The summed E-state index contributed by atoms with van der Waals surface area (Å²) in [6.45, 7) is 4.19. The quantitative estimate of drug-likeness (QED) is 0.637. The van der Waals surface area contributed by atoms with Crippen molar-refractivity contribution in [2.45, 2.75) is 38.6 Å². The van der Waals surface area contributed by atoms with Gasteiger partial charge in [0.2, 0.25) is 0 Å². The fourth-order valence-electron chi connectivity index (χ4n) is 1.27. The maximum absolute atomic E-state index is 11.3. The molecule has 5 heteroatoms. The first-order valence-corrected chi connectivity index (χ1v) is 5.19. The van der Waals surface area contributed by atoms with Crippen molar-refractivity contribution in [1.82, 2.24) is 10.6 Å². The number of urea groups is 1. The second-order valence-corrected chi connectivity index (χ2v) is 4.60. The molecule has 1 rings (SSSR count). The number of carbonyl (C=O) groups is 2. The number of hydrogen-bond acceptors (Lipinski definition) is 2. The summed E-state index contributed by atoms with van der Waals surface area (Å²) in [5.41, 5.74) is -0.0277. The molecule has 5 nitrogen and oxygen atoms in total. The monoisotopic (exact) mass is 214 g/mol. The summed E-state index contributed by atoms with van der Waals surface area (Å²) in [6.07, 6.45) is 2.12. The number of nitrogens with one attached hydrogen (secondary N) is 2. The lowest BCUT2D eigenvalue weighted by atomic mass is 10.1. The van der Waals surface area contributed by atoms with E-state index in [1.807, 2.05) is 6.92 Å². The zero-order valence-corrected chi connectivity index (χ0v) is 9.17. The number of hydrogen-bond donors (Lipinski definition) is 3. The molecular formula is C10H18N2O3. The summed E-state index contributed by atoms with van der Waals surface area (Å²) in [6, 6.07) is -0.202. The van der Waals surface area contributed by atoms with Crippen molar-refractivity contribution >= 4 is 12.0 Å². The minimum atomic E-state index is -0.834. The van der Waals surface area contributed by atoms with E-state index in [9.17, 15) is 9.59 Å². The normalized spacial score (nSPS) is 19.1. The van der Waals surface area contributed by atoms with Crippen LogP contribution in [0.5, 0.6) is 0 Å². The van der Waals surface area contributed by atoms with Gasteiger partial charge >= 0.3 is 12.0 Å². The van der Waals surface area contributed by atoms with Gasteiger partial charge in [0.1, 0.15) is 0 Å². The highest BCUT2D eigenvalue weighted by Gasteiger charge is 2.38. The van der Waals surface area contributed by atoms with Gasteiger partial charge in [-0.2, -0.15) is 0 Å². The molecule has 0 bridgehead atoms. The number of carbonyl (C=O) groups excluding carboxylic acids is 1. The first kappa shape index (κ1) is 11.8. The largest absolute Gasteiger partial charge is 0.481 e. The molecule has 1 unspecified atom stereocenters. The SMILES string of the molecule is CC(CNC(=O)NC1(C)CC1)CC(=O)O. The van der Waals surface area contributed by atoms with Crippen molar-refractivity contribution in [1.29, 1.82) is 0 Å². The fourth-order valence-corrected chi connectivity index (χ4v) is 1.27. The third kappa shape index (κ3) is 4.67. The minimum absolute atomic E-state index is 0.0277. The minimum Gasteiger partial charge on any atom is -0.481 e. The van der Waals surface area contributed by atoms with E-state index in [2.05, 4.69) is 10.6 Å². The summed E-state index contributed by atoms with van der Waals surface area (Å²) in [7, 11) is 0. The summed E-state index contributed by atoms with van der Waals surface area (Å²) in [5.74, 6) is -0.876. The van der Waals surface area contributed by atoms with Crippen LogP contribution in [0.2, 0.25) is 0 Å². The Morgan fingerprint density at radius 2 is 2.07 bits per heavy atom. The molecule has 0 spiro atoms. The number of amides is 2. The van der Waals surface area contributed by atoms with E-state index >= 15 is 0 Å². The van der Waals surface area contributed by atoms with Gasteiger partial charge in [0.25, 0.3) is 0 Å². The number of carboxylic acid groups (broad SMARTS) is 1. The van der Waals surface area contributed by atoms with Gasteiger partial charge in [-0.1, -0.05) is 6.92 Å². The summed E-state index contributed by atoms with van der Waals surface area (Å²) in [5, 5.41) is 14.0. The number of rotatable bonds is 5. The molecule has 2 amide bonds. The van der Waals surface area contributed by atoms with Crippen molar-refractivity contribution in [3.63, 3.8) is 0 Å². The van der Waals surface area contributed by atoms with Crippen LogP contribution in [0.25, 0.3) is 0 Å². The van der Waals surface area contributed by atoms with Gasteiger partial charge < -0.3 is 15.7 Å². The van der Waals surface area contributed by atoms with Gasteiger partial charge in [-0.05, 0) is 25.7 Å². The standard InChI is InChI=1S/C10H18N2O3/c1-7(5-8(13)14)6-11-9(15)12-10(2)3-4-10/h7H,3-6H2,1-2H3,(H,13,14)(H2,11,12,15). The maximum atomic E-state index is 11.3. The summed E-state index contributed by atoms with van der Waals surface area (Å²) in [4.78, 5) is 21.7. The molecule has 1 aliphatic rings. The zero-order chi connectivity index (χ0) is 11.5. The van der Waals surface area contributed by atoms with Crippen LogP contribution >= 0.6 is 0 Å². The molecular weight excluding hydrogens is 196 g/mol. The average Bonchev–Trinajstić information content (AvgIpc) is 2.78. The Bertz CT molecular complexity index is 261. The van der Waals surface area contributed by atoms with E-state index < -0.39 is 5.97 Å². The molecule has 0 radical (unpaired) electrons. The second-order valence-electron chi connectivity index (χ2n) is 4.60. The van der Waals surface area contributed by atoms with Crippen LogP contribution in [0.4, 0.5) is 4.79 Å². The molecule has 15 heavy (non-hydrogen) atoms. The molecule has 0 aromatic carbocycles.